The quantitative estimate of drug-likeness (QED) is 0.297. The van der Waals surface area contributed by atoms with Crippen molar-refractivity contribution in [3.05, 3.63) is 113 Å². The maximum absolute atomic E-state index is 13.0. The number of benzene rings is 4. The minimum Gasteiger partial charge on any atom is -0.489 e. The number of carbonyl (C=O) groups is 3. The average molecular weight is 513 g/mol. The minimum absolute atomic E-state index is 0.239. The monoisotopic (exact) mass is 512 g/mol. The molecule has 1 N–H and O–H groups in total. The van der Waals surface area contributed by atoms with Crippen LogP contribution in [-0.4, -0.2) is 28.5 Å². The van der Waals surface area contributed by atoms with Crippen LogP contribution in [0.15, 0.2) is 95.9 Å². The summed E-state index contributed by atoms with van der Waals surface area (Å²) in [7, 11) is 0. The fourth-order valence-corrected chi connectivity index (χ4v) is 4.70. The third kappa shape index (κ3) is 5.70. The Kier molecular flexibility index (Phi) is 7.00. The third-order valence-corrected chi connectivity index (χ3v) is 6.64. The van der Waals surface area contributed by atoms with E-state index in [1.165, 1.54) is 12.1 Å². The van der Waals surface area contributed by atoms with Gasteiger partial charge in [0, 0.05) is 11.1 Å². The lowest BCUT2D eigenvalue weighted by molar-refractivity contribution is -0.127. The van der Waals surface area contributed by atoms with Crippen molar-refractivity contribution in [2.45, 2.75) is 6.61 Å². The summed E-state index contributed by atoms with van der Waals surface area (Å²) in [4.78, 5) is 39.2. The topological polar surface area (TPSA) is 75.7 Å². The lowest BCUT2D eigenvalue weighted by Crippen LogP contribution is -2.36. The van der Waals surface area contributed by atoms with Crippen LogP contribution in [0.1, 0.15) is 11.1 Å². The number of ether oxygens (including phenoxy) is 1. The van der Waals surface area contributed by atoms with E-state index in [4.69, 9.17) is 4.74 Å². The molecule has 5 rings (SSSR count). The highest BCUT2D eigenvalue weighted by Gasteiger charge is 2.36. The third-order valence-electron chi connectivity index (χ3n) is 5.74. The Morgan fingerprint density at radius 1 is 0.919 bits per heavy atom. The predicted molar refractivity (Wildman–Crippen MR) is 142 cm³/mol. The molecule has 3 amide bonds. The molecule has 0 aliphatic carbocycles. The number of nitrogens with zero attached hydrogens (tertiary/aromatic N) is 1. The van der Waals surface area contributed by atoms with Gasteiger partial charge in [-0.2, -0.15) is 0 Å². The molecule has 0 radical (unpaired) electrons. The summed E-state index contributed by atoms with van der Waals surface area (Å²) in [6, 6.07) is 26.3. The van der Waals surface area contributed by atoms with E-state index in [1.807, 2.05) is 36.4 Å². The fraction of sp³-hybridized carbons (Fsp3) is 0.0690. The molecule has 0 saturated carbocycles. The van der Waals surface area contributed by atoms with E-state index in [9.17, 15) is 18.8 Å². The second-order valence-corrected chi connectivity index (χ2v) is 9.32. The molecule has 0 spiro atoms. The second-order valence-electron chi connectivity index (χ2n) is 8.33. The molecule has 4 aromatic carbocycles. The smallest absolute Gasteiger partial charge is 0.294 e. The summed E-state index contributed by atoms with van der Waals surface area (Å²) in [5.41, 5.74) is 2.16. The summed E-state index contributed by atoms with van der Waals surface area (Å²) < 4.78 is 18.7. The standard InChI is InChI=1S/C29H21FN2O4S/c30-22-12-8-20(9-13-22)18-36-23-14-10-19(11-15-23)16-26-28(34)32(29(35)37-26)17-27(33)31-25-7-3-5-21-4-1-2-6-24(21)25/h1-16H,17-18H2,(H,31,33)/b26-16-. The highest BCUT2D eigenvalue weighted by molar-refractivity contribution is 8.18. The number of carbonyl (C=O) groups excluding carboxylic acids is 3. The van der Waals surface area contributed by atoms with Crippen LogP contribution >= 0.6 is 11.8 Å². The SMILES string of the molecule is O=C(CN1C(=O)S/C(=C\c2ccc(OCc3ccc(F)cc3)cc2)C1=O)Nc1cccc2ccccc12. The summed E-state index contributed by atoms with van der Waals surface area (Å²) in [6.45, 7) is -0.0826. The maximum Gasteiger partial charge on any atom is 0.294 e. The highest BCUT2D eigenvalue weighted by Crippen LogP contribution is 2.32. The van der Waals surface area contributed by atoms with Gasteiger partial charge in [0.25, 0.3) is 11.1 Å². The van der Waals surface area contributed by atoms with E-state index in [0.717, 1.165) is 33.0 Å². The van der Waals surface area contributed by atoms with Crippen molar-refractivity contribution in [2.24, 2.45) is 0 Å². The normalized spacial score (nSPS) is 14.4. The molecular formula is C29H21FN2O4S. The van der Waals surface area contributed by atoms with Crippen LogP contribution in [0.3, 0.4) is 0 Å². The Bertz CT molecular complexity index is 1510. The van der Waals surface area contributed by atoms with Crippen molar-refractivity contribution in [2.75, 3.05) is 11.9 Å². The molecule has 37 heavy (non-hydrogen) atoms. The van der Waals surface area contributed by atoms with Gasteiger partial charge in [0.05, 0.1) is 4.91 Å². The summed E-state index contributed by atoms with van der Waals surface area (Å²) in [5, 5.41) is 4.15. The second kappa shape index (κ2) is 10.7. The highest BCUT2D eigenvalue weighted by atomic mass is 32.2. The van der Waals surface area contributed by atoms with Crippen molar-refractivity contribution in [1.29, 1.82) is 0 Å². The van der Waals surface area contributed by atoms with Gasteiger partial charge >= 0.3 is 0 Å². The van der Waals surface area contributed by atoms with Gasteiger partial charge in [-0.25, -0.2) is 4.39 Å². The number of imide groups is 1. The van der Waals surface area contributed by atoms with E-state index < -0.39 is 17.1 Å². The molecule has 0 atom stereocenters. The molecule has 1 aliphatic heterocycles. The van der Waals surface area contributed by atoms with Crippen LogP contribution in [0, 0.1) is 5.82 Å². The Labute approximate surface area is 216 Å². The zero-order valence-corrected chi connectivity index (χ0v) is 20.3. The van der Waals surface area contributed by atoms with Gasteiger partial charge in [0.15, 0.2) is 0 Å². The van der Waals surface area contributed by atoms with Crippen molar-refractivity contribution in [1.82, 2.24) is 4.90 Å². The van der Waals surface area contributed by atoms with E-state index in [1.54, 1.807) is 48.5 Å². The molecule has 1 fully saturated rings. The molecule has 8 heteroatoms. The summed E-state index contributed by atoms with van der Waals surface area (Å²) in [6.07, 6.45) is 1.61. The van der Waals surface area contributed by atoms with Crippen LogP contribution in [0.4, 0.5) is 14.9 Å². The predicted octanol–water partition coefficient (Wildman–Crippen LogP) is 6.23. The average Bonchev–Trinajstić information content (AvgIpc) is 3.16. The molecule has 0 unspecified atom stereocenters. The molecule has 0 aromatic heterocycles. The first-order chi connectivity index (χ1) is 18.0. The number of halogens is 1. The number of hydrogen-bond donors (Lipinski definition) is 1. The molecule has 1 heterocycles. The van der Waals surface area contributed by atoms with Crippen LogP contribution in [0.5, 0.6) is 5.75 Å². The van der Waals surface area contributed by atoms with Gasteiger partial charge in [0.1, 0.15) is 24.7 Å². The van der Waals surface area contributed by atoms with Gasteiger partial charge in [-0.05, 0) is 64.7 Å². The Morgan fingerprint density at radius 3 is 2.43 bits per heavy atom. The van der Waals surface area contributed by atoms with E-state index in [0.29, 0.717) is 23.6 Å². The zero-order chi connectivity index (χ0) is 25.8. The number of nitrogens with one attached hydrogen (secondary N) is 1. The number of fused-ring (bicyclic) bond motifs is 1. The number of thioether (sulfide) groups is 1. The van der Waals surface area contributed by atoms with Gasteiger partial charge in [-0.3, -0.25) is 19.3 Å². The van der Waals surface area contributed by atoms with E-state index >= 15 is 0 Å². The fourth-order valence-electron chi connectivity index (χ4n) is 3.86. The number of anilines is 1. The van der Waals surface area contributed by atoms with Gasteiger partial charge in [-0.1, -0.05) is 60.7 Å². The number of hydrogen-bond acceptors (Lipinski definition) is 5. The Morgan fingerprint density at radius 2 is 1.65 bits per heavy atom. The van der Waals surface area contributed by atoms with Gasteiger partial charge in [0.2, 0.25) is 5.91 Å². The molecular weight excluding hydrogens is 491 g/mol. The minimum atomic E-state index is -0.514. The molecule has 1 aliphatic rings. The Hall–Kier alpha value is -4.43. The first kappa shape index (κ1) is 24.3. The van der Waals surface area contributed by atoms with Crippen molar-refractivity contribution < 1.29 is 23.5 Å². The van der Waals surface area contributed by atoms with Gasteiger partial charge in [-0.15, -0.1) is 0 Å². The van der Waals surface area contributed by atoms with Crippen LogP contribution in [0.25, 0.3) is 16.8 Å². The molecule has 1 saturated heterocycles. The lowest BCUT2D eigenvalue weighted by Gasteiger charge is -2.13. The zero-order valence-electron chi connectivity index (χ0n) is 19.5. The molecule has 184 valence electrons. The van der Waals surface area contributed by atoms with Crippen LogP contribution in [-0.2, 0) is 16.2 Å². The van der Waals surface area contributed by atoms with Crippen molar-refractivity contribution >= 4 is 51.4 Å². The molecule has 6 nitrogen and oxygen atoms in total. The first-order valence-corrected chi connectivity index (χ1v) is 12.3. The summed E-state index contributed by atoms with van der Waals surface area (Å²) >= 11 is 0.797. The Balaban J connectivity index is 1.21. The van der Waals surface area contributed by atoms with Crippen molar-refractivity contribution in [3.8, 4) is 5.75 Å². The van der Waals surface area contributed by atoms with Gasteiger partial charge < -0.3 is 10.1 Å². The van der Waals surface area contributed by atoms with Crippen molar-refractivity contribution in [3.63, 3.8) is 0 Å². The molecule has 4 aromatic rings. The van der Waals surface area contributed by atoms with Crippen LogP contribution < -0.4 is 10.1 Å². The summed E-state index contributed by atoms with van der Waals surface area (Å²) in [5.74, 6) is -0.662. The van der Waals surface area contributed by atoms with E-state index in [2.05, 4.69) is 5.32 Å². The maximum atomic E-state index is 13.0. The molecule has 0 bridgehead atoms. The lowest BCUT2D eigenvalue weighted by atomic mass is 10.1. The number of amides is 3. The largest absolute Gasteiger partial charge is 0.489 e. The number of rotatable bonds is 7. The van der Waals surface area contributed by atoms with Crippen LogP contribution in [0.2, 0.25) is 0 Å². The van der Waals surface area contributed by atoms with E-state index in [-0.39, 0.29) is 17.3 Å². The first-order valence-electron chi connectivity index (χ1n) is 11.5.